The number of rotatable bonds is 0. The van der Waals surface area contributed by atoms with Gasteiger partial charge in [0, 0.05) is 11.6 Å². The van der Waals surface area contributed by atoms with Crippen LogP contribution in [0.4, 0.5) is 8.78 Å². The number of para-hydroxylation sites is 1. The summed E-state index contributed by atoms with van der Waals surface area (Å²) in [7, 11) is 0. The molecule has 1 aliphatic rings. The highest BCUT2D eigenvalue weighted by molar-refractivity contribution is 5.89. The fraction of sp³-hybridized carbons (Fsp3) is 0.333. The van der Waals surface area contributed by atoms with Crippen molar-refractivity contribution in [3.63, 3.8) is 0 Å². The van der Waals surface area contributed by atoms with Gasteiger partial charge >= 0.3 is 0 Å². The molecule has 0 radical (unpaired) electrons. The Kier molecular flexibility index (Phi) is 1.79. The van der Waals surface area contributed by atoms with E-state index in [2.05, 4.69) is 0 Å². The monoisotopic (exact) mass is 223 g/mol. The van der Waals surface area contributed by atoms with Gasteiger partial charge in [0.05, 0.1) is 12.1 Å². The number of ether oxygens (including phenoxy) is 1. The molecular weight excluding hydrogens is 212 g/mol. The van der Waals surface area contributed by atoms with Crippen LogP contribution in [0, 0.1) is 6.92 Å². The number of halogens is 2. The Morgan fingerprint density at radius 2 is 2.19 bits per heavy atom. The lowest BCUT2D eigenvalue weighted by molar-refractivity contribution is -0.0495. The Balaban J connectivity index is 2.31. The molecule has 2 nitrogen and oxygen atoms in total. The summed E-state index contributed by atoms with van der Waals surface area (Å²) in [6.07, 6.45) is 1.76. The molecule has 0 spiro atoms. The normalized spacial score (nSPS) is 18.2. The summed E-state index contributed by atoms with van der Waals surface area (Å²) in [5.41, 5.74) is 1.77. The van der Waals surface area contributed by atoms with E-state index in [0.717, 1.165) is 16.5 Å². The van der Waals surface area contributed by atoms with Gasteiger partial charge in [0.25, 0.3) is 5.92 Å². The predicted octanol–water partition coefficient (Wildman–Crippen LogP) is 2.98. The minimum absolute atomic E-state index is 0.311. The molecule has 2 aromatic rings. The van der Waals surface area contributed by atoms with Gasteiger partial charge in [-0.3, -0.25) is 0 Å². The molecule has 0 atom stereocenters. The smallest absolute Gasteiger partial charge is 0.298 e. The van der Waals surface area contributed by atoms with E-state index in [4.69, 9.17) is 4.74 Å². The second-order valence-electron chi connectivity index (χ2n) is 4.24. The van der Waals surface area contributed by atoms with Crippen molar-refractivity contribution in [2.75, 3.05) is 6.61 Å². The SMILES string of the molecule is Cc1cn2c3c(cccc13)OCC(F)(F)C2. The first-order valence-corrected chi connectivity index (χ1v) is 5.16. The Hall–Kier alpha value is -1.58. The number of alkyl halides is 2. The summed E-state index contributed by atoms with van der Waals surface area (Å²) < 4.78 is 33.6. The zero-order chi connectivity index (χ0) is 11.3. The van der Waals surface area contributed by atoms with E-state index in [1.54, 1.807) is 16.8 Å². The van der Waals surface area contributed by atoms with Crippen LogP contribution in [0.5, 0.6) is 5.75 Å². The maximum atomic E-state index is 13.4. The maximum Gasteiger partial charge on any atom is 0.298 e. The van der Waals surface area contributed by atoms with Crippen LogP contribution in [0.2, 0.25) is 0 Å². The fourth-order valence-electron chi connectivity index (χ4n) is 2.22. The van der Waals surface area contributed by atoms with Gasteiger partial charge in [0.2, 0.25) is 0 Å². The summed E-state index contributed by atoms with van der Waals surface area (Å²) in [5, 5.41) is 0.982. The van der Waals surface area contributed by atoms with E-state index in [-0.39, 0.29) is 6.54 Å². The van der Waals surface area contributed by atoms with Crippen molar-refractivity contribution < 1.29 is 13.5 Å². The molecule has 3 rings (SSSR count). The first-order chi connectivity index (χ1) is 7.57. The second-order valence-corrected chi connectivity index (χ2v) is 4.24. The highest BCUT2D eigenvalue weighted by Gasteiger charge is 2.34. The van der Waals surface area contributed by atoms with Crippen LogP contribution in [-0.2, 0) is 6.54 Å². The van der Waals surface area contributed by atoms with E-state index in [9.17, 15) is 8.78 Å². The van der Waals surface area contributed by atoms with Crippen molar-refractivity contribution in [3.8, 4) is 5.75 Å². The fourth-order valence-corrected chi connectivity index (χ4v) is 2.22. The summed E-state index contributed by atoms with van der Waals surface area (Å²) in [6, 6.07) is 5.50. The zero-order valence-corrected chi connectivity index (χ0v) is 8.84. The molecule has 2 heterocycles. The van der Waals surface area contributed by atoms with Crippen molar-refractivity contribution in [1.29, 1.82) is 0 Å². The average Bonchev–Trinajstić information content (AvgIpc) is 2.45. The molecule has 16 heavy (non-hydrogen) atoms. The minimum Gasteiger partial charge on any atom is -0.485 e. The van der Waals surface area contributed by atoms with Crippen LogP contribution in [0.15, 0.2) is 24.4 Å². The highest BCUT2D eigenvalue weighted by Crippen LogP contribution is 2.34. The van der Waals surface area contributed by atoms with Crippen LogP contribution in [0.3, 0.4) is 0 Å². The molecule has 84 valence electrons. The maximum absolute atomic E-state index is 13.4. The van der Waals surface area contributed by atoms with Crippen molar-refractivity contribution >= 4 is 10.9 Å². The van der Waals surface area contributed by atoms with Gasteiger partial charge < -0.3 is 9.30 Å². The standard InChI is InChI=1S/C12H11F2NO/c1-8-5-15-6-12(13,14)7-16-10-4-2-3-9(8)11(10)15/h2-5H,6-7H2,1H3. The number of hydrogen-bond acceptors (Lipinski definition) is 1. The van der Waals surface area contributed by atoms with Crippen molar-refractivity contribution in [1.82, 2.24) is 4.57 Å². The van der Waals surface area contributed by atoms with E-state index < -0.39 is 12.5 Å². The van der Waals surface area contributed by atoms with Gasteiger partial charge in [-0.2, -0.15) is 0 Å². The number of benzene rings is 1. The molecular formula is C12H11F2NO. The van der Waals surface area contributed by atoms with Crippen molar-refractivity contribution in [2.45, 2.75) is 19.4 Å². The molecule has 1 aromatic carbocycles. The Labute approximate surface area is 91.4 Å². The quantitative estimate of drug-likeness (QED) is 0.669. The number of aromatic nitrogens is 1. The van der Waals surface area contributed by atoms with Gasteiger partial charge in [-0.1, -0.05) is 12.1 Å². The van der Waals surface area contributed by atoms with Gasteiger partial charge in [0.1, 0.15) is 5.75 Å². The van der Waals surface area contributed by atoms with Crippen molar-refractivity contribution in [2.24, 2.45) is 0 Å². The average molecular weight is 223 g/mol. The van der Waals surface area contributed by atoms with E-state index in [1.807, 2.05) is 19.1 Å². The summed E-state index contributed by atoms with van der Waals surface area (Å²) >= 11 is 0. The molecule has 0 amide bonds. The van der Waals surface area contributed by atoms with Gasteiger partial charge in [-0.05, 0) is 18.6 Å². The van der Waals surface area contributed by atoms with Crippen LogP contribution in [0.1, 0.15) is 5.56 Å². The summed E-state index contributed by atoms with van der Waals surface area (Å²) in [5.74, 6) is -2.26. The van der Waals surface area contributed by atoms with Gasteiger partial charge in [0.15, 0.2) is 6.61 Å². The predicted molar refractivity (Wildman–Crippen MR) is 57.1 cm³/mol. The Morgan fingerprint density at radius 1 is 1.38 bits per heavy atom. The lowest BCUT2D eigenvalue weighted by Gasteiger charge is -2.13. The van der Waals surface area contributed by atoms with E-state index in [0.29, 0.717) is 5.75 Å². The van der Waals surface area contributed by atoms with Crippen LogP contribution >= 0.6 is 0 Å². The highest BCUT2D eigenvalue weighted by atomic mass is 19.3. The Morgan fingerprint density at radius 3 is 3.00 bits per heavy atom. The van der Waals surface area contributed by atoms with Crippen LogP contribution in [0.25, 0.3) is 10.9 Å². The molecule has 0 N–H and O–H groups in total. The van der Waals surface area contributed by atoms with Crippen LogP contribution < -0.4 is 4.74 Å². The minimum atomic E-state index is -2.81. The Bertz CT molecular complexity index is 559. The molecule has 0 saturated carbocycles. The molecule has 0 aliphatic carbocycles. The number of nitrogens with zero attached hydrogens (tertiary/aromatic N) is 1. The topological polar surface area (TPSA) is 14.2 Å². The first kappa shape index (κ1) is 9.63. The van der Waals surface area contributed by atoms with Crippen LogP contribution in [-0.4, -0.2) is 17.1 Å². The largest absolute Gasteiger partial charge is 0.485 e. The van der Waals surface area contributed by atoms with E-state index in [1.165, 1.54) is 0 Å². The number of hydrogen-bond donors (Lipinski definition) is 0. The zero-order valence-electron chi connectivity index (χ0n) is 8.84. The third kappa shape index (κ3) is 1.29. The lowest BCUT2D eigenvalue weighted by atomic mass is 10.2. The molecule has 0 fully saturated rings. The third-order valence-corrected chi connectivity index (χ3v) is 2.90. The first-order valence-electron chi connectivity index (χ1n) is 5.16. The summed E-state index contributed by atoms with van der Waals surface area (Å²) in [4.78, 5) is 0. The third-order valence-electron chi connectivity index (χ3n) is 2.90. The summed E-state index contributed by atoms with van der Waals surface area (Å²) in [6.45, 7) is 1.06. The van der Waals surface area contributed by atoms with Gasteiger partial charge in [-0.15, -0.1) is 0 Å². The molecule has 4 heteroatoms. The second kappa shape index (κ2) is 2.97. The molecule has 1 aliphatic heterocycles. The number of aryl methyl sites for hydroxylation is 1. The van der Waals surface area contributed by atoms with Gasteiger partial charge in [-0.25, -0.2) is 8.78 Å². The molecule has 1 aromatic heterocycles. The molecule has 0 unspecified atom stereocenters. The van der Waals surface area contributed by atoms with E-state index >= 15 is 0 Å². The lowest BCUT2D eigenvalue weighted by Crippen LogP contribution is -2.28. The molecule has 0 bridgehead atoms. The van der Waals surface area contributed by atoms with Crippen molar-refractivity contribution in [3.05, 3.63) is 30.0 Å². The molecule has 0 saturated heterocycles.